The predicted octanol–water partition coefficient (Wildman–Crippen LogP) is 1.47. The van der Waals surface area contributed by atoms with Gasteiger partial charge >= 0.3 is 5.97 Å². The monoisotopic (exact) mass is 267 g/mol. The van der Waals surface area contributed by atoms with Crippen molar-refractivity contribution < 1.29 is 14.3 Å². The molecule has 0 saturated heterocycles. The number of rotatable bonds is 6. The minimum atomic E-state index is -0.585. The third kappa shape index (κ3) is 4.17. The molecule has 0 spiro atoms. The van der Waals surface area contributed by atoms with Crippen LogP contribution in [0, 0.1) is 6.92 Å². The Bertz CT molecular complexity index is 445. The normalized spacial score (nSPS) is 11.2. The summed E-state index contributed by atoms with van der Waals surface area (Å²) >= 11 is 0. The highest BCUT2D eigenvalue weighted by atomic mass is 16.5. The number of nitrogens with two attached hydrogens (primary N) is 1. The van der Waals surface area contributed by atoms with Crippen LogP contribution in [0.1, 0.15) is 43.0 Å². The van der Waals surface area contributed by atoms with Crippen LogP contribution in [0.2, 0.25) is 0 Å². The largest absolute Gasteiger partial charge is 0.476 e. The van der Waals surface area contributed by atoms with Crippen molar-refractivity contribution in [1.82, 2.24) is 9.97 Å². The summed E-state index contributed by atoms with van der Waals surface area (Å²) in [6.07, 6.45) is 1.61. The molecule has 19 heavy (non-hydrogen) atoms. The van der Waals surface area contributed by atoms with E-state index >= 15 is 0 Å². The van der Waals surface area contributed by atoms with Crippen LogP contribution >= 0.6 is 0 Å². The molecule has 0 unspecified atom stereocenters. The number of methoxy groups -OCH3 is 1. The number of carbonyl (C=O) groups is 1. The Morgan fingerprint density at radius 1 is 1.37 bits per heavy atom. The summed E-state index contributed by atoms with van der Waals surface area (Å²) in [7, 11) is 1.29. The highest BCUT2D eigenvalue weighted by Gasteiger charge is 2.22. The van der Waals surface area contributed by atoms with Crippen LogP contribution in [0.4, 0.5) is 0 Å². The molecule has 0 aliphatic heterocycles. The fourth-order valence-corrected chi connectivity index (χ4v) is 1.47. The molecule has 6 heteroatoms. The molecule has 0 fully saturated rings. The number of esters is 1. The summed E-state index contributed by atoms with van der Waals surface area (Å²) in [5.41, 5.74) is 6.40. The van der Waals surface area contributed by atoms with Crippen LogP contribution in [-0.2, 0) is 4.74 Å². The average Bonchev–Trinajstić information content (AvgIpc) is 2.43. The number of aromatic nitrogens is 2. The van der Waals surface area contributed by atoms with Crippen LogP contribution in [0.15, 0.2) is 6.07 Å². The van der Waals surface area contributed by atoms with Gasteiger partial charge in [0.05, 0.1) is 7.11 Å². The predicted molar refractivity (Wildman–Crippen MR) is 71.1 cm³/mol. The molecule has 0 amide bonds. The fourth-order valence-electron chi connectivity index (χ4n) is 1.47. The highest BCUT2D eigenvalue weighted by molar-refractivity contribution is 5.85. The molecule has 106 valence electrons. The van der Waals surface area contributed by atoms with Crippen molar-refractivity contribution in [3.8, 4) is 5.88 Å². The van der Waals surface area contributed by atoms with E-state index < -0.39 is 5.97 Å². The second-order valence-corrected chi connectivity index (χ2v) is 4.52. The van der Waals surface area contributed by atoms with Crippen molar-refractivity contribution in [3.05, 3.63) is 17.6 Å². The highest BCUT2D eigenvalue weighted by Crippen LogP contribution is 2.15. The van der Waals surface area contributed by atoms with Crippen LogP contribution in [-0.4, -0.2) is 35.2 Å². The molecule has 0 saturated carbocycles. The first-order valence-electron chi connectivity index (χ1n) is 6.29. The molecule has 0 bridgehead atoms. The van der Waals surface area contributed by atoms with Gasteiger partial charge in [-0.1, -0.05) is 13.8 Å². The first kappa shape index (κ1) is 15.4. The lowest BCUT2D eigenvalue weighted by atomic mass is 9.96. The zero-order valence-electron chi connectivity index (χ0n) is 11.9. The summed E-state index contributed by atoms with van der Waals surface area (Å²) in [4.78, 5) is 19.4. The van der Waals surface area contributed by atoms with Crippen molar-refractivity contribution in [1.29, 1.82) is 0 Å². The van der Waals surface area contributed by atoms with Crippen molar-refractivity contribution in [2.24, 2.45) is 5.73 Å². The molecule has 1 aromatic rings. The minimum absolute atomic E-state index is 0.00637. The third-order valence-corrected chi connectivity index (χ3v) is 3.11. The SMILES string of the molecule is CCC(N)(CC)COc1cc(C)nc(C(=O)OC)n1. The zero-order chi connectivity index (χ0) is 14.5. The Morgan fingerprint density at radius 3 is 2.53 bits per heavy atom. The van der Waals surface area contributed by atoms with Crippen molar-refractivity contribution in [2.45, 2.75) is 39.2 Å². The number of aryl methyl sites for hydroxylation is 1. The van der Waals surface area contributed by atoms with Crippen molar-refractivity contribution in [3.63, 3.8) is 0 Å². The van der Waals surface area contributed by atoms with Crippen LogP contribution in [0.5, 0.6) is 5.88 Å². The maximum absolute atomic E-state index is 11.4. The van der Waals surface area contributed by atoms with Gasteiger partial charge in [-0.25, -0.2) is 9.78 Å². The second kappa shape index (κ2) is 6.47. The molecular weight excluding hydrogens is 246 g/mol. The van der Waals surface area contributed by atoms with E-state index in [9.17, 15) is 4.79 Å². The maximum atomic E-state index is 11.4. The number of nitrogens with zero attached hydrogens (tertiary/aromatic N) is 2. The number of hydrogen-bond donors (Lipinski definition) is 1. The number of ether oxygens (including phenoxy) is 2. The first-order chi connectivity index (χ1) is 8.94. The third-order valence-electron chi connectivity index (χ3n) is 3.11. The van der Waals surface area contributed by atoms with Gasteiger partial charge in [-0.3, -0.25) is 0 Å². The van der Waals surface area contributed by atoms with E-state index in [0.717, 1.165) is 12.8 Å². The smallest absolute Gasteiger partial charge is 0.376 e. The molecule has 1 heterocycles. The molecule has 0 atom stereocenters. The Balaban J connectivity index is 2.84. The van der Waals surface area contributed by atoms with Crippen LogP contribution in [0.25, 0.3) is 0 Å². The van der Waals surface area contributed by atoms with Crippen LogP contribution < -0.4 is 10.5 Å². The fraction of sp³-hybridized carbons (Fsp3) is 0.615. The first-order valence-corrected chi connectivity index (χ1v) is 6.29. The number of hydrogen-bond acceptors (Lipinski definition) is 6. The molecule has 0 aliphatic carbocycles. The second-order valence-electron chi connectivity index (χ2n) is 4.52. The molecule has 0 aliphatic rings. The van der Waals surface area contributed by atoms with E-state index in [1.54, 1.807) is 13.0 Å². The summed E-state index contributed by atoms with van der Waals surface area (Å²) < 4.78 is 10.2. The van der Waals surface area contributed by atoms with Gasteiger partial charge in [-0.2, -0.15) is 4.98 Å². The van der Waals surface area contributed by atoms with Crippen molar-refractivity contribution in [2.75, 3.05) is 13.7 Å². The quantitative estimate of drug-likeness (QED) is 0.785. The van der Waals surface area contributed by atoms with Crippen molar-refractivity contribution >= 4 is 5.97 Å². The molecule has 0 aromatic carbocycles. The molecule has 1 aromatic heterocycles. The summed E-state index contributed by atoms with van der Waals surface area (Å²) in [5.74, 6) is -0.253. The zero-order valence-corrected chi connectivity index (χ0v) is 11.9. The summed E-state index contributed by atoms with van der Waals surface area (Å²) in [5, 5.41) is 0. The van der Waals surface area contributed by atoms with Gasteiger partial charge in [-0.05, 0) is 19.8 Å². The number of carbonyl (C=O) groups excluding carboxylic acids is 1. The van der Waals surface area contributed by atoms with E-state index in [0.29, 0.717) is 18.2 Å². The topological polar surface area (TPSA) is 87.3 Å². The van der Waals surface area contributed by atoms with E-state index in [2.05, 4.69) is 14.7 Å². The molecule has 2 N–H and O–H groups in total. The molecule has 0 radical (unpaired) electrons. The Labute approximate surface area is 113 Å². The Hall–Kier alpha value is -1.69. The molecule has 1 rings (SSSR count). The van der Waals surface area contributed by atoms with Crippen LogP contribution in [0.3, 0.4) is 0 Å². The molecule has 6 nitrogen and oxygen atoms in total. The van der Waals surface area contributed by atoms with Gasteiger partial charge in [-0.15, -0.1) is 0 Å². The Kier molecular flexibility index (Phi) is 5.23. The van der Waals surface area contributed by atoms with Gasteiger partial charge in [0, 0.05) is 17.3 Å². The lowest BCUT2D eigenvalue weighted by Crippen LogP contribution is -2.44. The van der Waals surface area contributed by atoms with Gasteiger partial charge in [0.1, 0.15) is 6.61 Å². The Morgan fingerprint density at radius 2 is 2.00 bits per heavy atom. The average molecular weight is 267 g/mol. The summed E-state index contributed by atoms with van der Waals surface area (Å²) in [6, 6.07) is 1.66. The van der Waals surface area contributed by atoms with Gasteiger partial charge in [0.2, 0.25) is 11.7 Å². The summed E-state index contributed by atoms with van der Waals surface area (Å²) in [6.45, 7) is 6.13. The van der Waals surface area contributed by atoms with Gasteiger partial charge in [0.25, 0.3) is 0 Å². The van der Waals surface area contributed by atoms with Gasteiger partial charge < -0.3 is 15.2 Å². The maximum Gasteiger partial charge on any atom is 0.376 e. The standard InChI is InChI=1S/C13H21N3O3/c1-5-13(14,6-2)8-19-10-7-9(3)15-11(16-10)12(17)18-4/h7H,5-6,8,14H2,1-4H3. The van der Waals surface area contributed by atoms with Gasteiger partial charge in [0.15, 0.2) is 0 Å². The van der Waals surface area contributed by atoms with E-state index in [4.69, 9.17) is 10.5 Å². The van der Waals surface area contributed by atoms with E-state index in [1.807, 2.05) is 13.8 Å². The lowest BCUT2D eigenvalue weighted by molar-refractivity contribution is 0.0584. The minimum Gasteiger partial charge on any atom is -0.476 e. The molecular formula is C13H21N3O3. The van der Waals surface area contributed by atoms with E-state index in [1.165, 1.54) is 7.11 Å². The lowest BCUT2D eigenvalue weighted by Gasteiger charge is -2.26. The van der Waals surface area contributed by atoms with E-state index in [-0.39, 0.29) is 11.4 Å².